The molecule has 1 aliphatic heterocycles. The molecule has 0 aliphatic carbocycles. The lowest BCUT2D eigenvalue weighted by molar-refractivity contribution is 0.0940. The Bertz CT molecular complexity index is 761. The molecule has 0 bridgehead atoms. The number of hydrogen-bond acceptors (Lipinski definition) is 2. The van der Waals surface area contributed by atoms with E-state index in [1.165, 1.54) is 0 Å². The molecule has 2 aromatic carbocycles. The number of rotatable bonds is 4. The smallest absolute Gasteiger partial charge is 0.321 e. The highest BCUT2D eigenvalue weighted by molar-refractivity contribution is 9.10. The molecule has 6 heteroatoms. The minimum atomic E-state index is -0.143. The van der Waals surface area contributed by atoms with Crippen LogP contribution < -0.4 is 15.5 Å². The van der Waals surface area contributed by atoms with Crippen molar-refractivity contribution in [3.63, 3.8) is 0 Å². The van der Waals surface area contributed by atoms with Crippen LogP contribution in [0.5, 0.6) is 0 Å². The van der Waals surface area contributed by atoms with Gasteiger partial charge in [-0.2, -0.15) is 0 Å². The van der Waals surface area contributed by atoms with Crippen LogP contribution in [0.3, 0.4) is 0 Å². The maximum Gasteiger partial charge on any atom is 0.321 e. The molecule has 5 nitrogen and oxygen atoms in total. The predicted molar refractivity (Wildman–Crippen MR) is 97.2 cm³/mol. The summed E-state index contributed by atoms with van der Waals surface area (Å²) in [6.45, 7) is 3.23. The first kappa shape index (κ1) is 16.5. The predicted octanol–water partition coefficient (Wildman–Crippen LogP) is 3.47. The summed E-state index contributed by atoms with van der Waals surface area (Å²) in [5.41, 5.74) is 2.38. The summed E-state index contributed by atoms with van der Waals surface area (Å²) in [7, 11) is 0. The highest BCUT2D eigenvalue weighted by Gasteiger charge is 2.21. The monoisotopic (exact) mass is 387 g/mol. The Morgan fingerprint density at radius 1 is 1.21 bits per heavy atom. The van der Waals surface area contributed by atoms with Crippen LogP contribution in [0.2, 0.25) is 0 Å². The van der Waals surface area contributed by atoms with E-state index in [2.05, 4.69) is 26.6 Å². The highest BCUT2D eigenvalue weighted by atomic mass is 79.9. The summed E-state index contributed by atoms with van der Waals surface area (Å²) in [5.74, 6) is -0.143. The van der Waals surface area contributed by atoms with E-state index in [9.17, 15) is 9.59 Å². The fraction of sp³-hybridized carbons (Fsp3) is 0.222. The Balaban J connectivity index is 1.69. The van der Waals surface area contributed by atoms with Crippen LogP contribution in [0, 0.1) is 0 Å². The van der Waals surface area contributed by atoms with E-state index < -0.39 is 0 Å². The van der Waals surface area contributed by atoms with Gasteiger partial charge in [0.15, 0.2) is 0 Å². The minimum Gasteiger partial charge on any atom is -0.345 e. The maximum absolute atomic E-state index is 12.4. The number of nitrogens with one attached hydrogen (secondary N) is 2. The van der Waals surface area contributed by atoms with E-state index in [0.29, 0.717) is 18.7 Å². The number of carbonyl (C=O) groups excluding carboxylic acids is 2. The van der Waals surface area contributed by atoms with E-state index in [1.807, 2.05) is 31.2 Å². The second-order valence-electron chi connectivity index (χ2n) is 5.65. The van der Waals surface area contributed by atoms with Crippen LogP contribution in [0.1, 0.15) is 28.9 Å². The van der Waals surface area contributed by atoms with Crippen molar-refractivity contribution in [3.05, 3.63) is 64.1 Å². The molecule has 2 N–H and O–H groups in total. The summed E-state index contributed by atoms with van der Waals surface area (Å²) in [5, 5.41) is 5.75. The van der Waals surface area contributed by atoms with Gasteiger partial charge in [-0.15, -0.1) is 0 Å². The maximum atomic E-state index is 12.4. The lowest BCUT2D eigenvalue weighted by atomic mass is 10.1. The molecule has 1 aliphatic rings. The van der Waals surface area contributed by atoms with Gasteiger partial charge in [-0.1, -0.05) is 34.1 Å². The third kappa shape index (κ3) is 3.43. The number of anilines is 1. The van der Waals surface area contributed by atoms with Gasteiger partial charge in [0.05, 0.1) is 6.04 Å². The average molecular weight is 388 g/mol. The summed E-state index contributed by atoms with van der Waals surface area (Å²) >= 11 is 3.50. The number of halogens is 1. The summed E-state index contributed by atoms with van der Waals surface area (Å²) in [4.78, 5) is 25.7. The molecule has 3 rings (SSSR count). The quantitative estimate of drug-likeness (QED) is 0.843. The van der Waals surface area contributed by atoms with Crippen molar-refractivity contribution < 1.29 is 9.59 Å². The highest BCUT2D eigenvalue weighted by Crippen LogP contribution is 2.23. The Kier molecular flexibility index (Phi) is 4.85. The zero-order valence-electron chi connectivity index (χ0n) is 13.3. The molecule has 0 aromatic heterocycles. The average Bonchev–Trinajstić information content (AvgIpc) is 3.01. The lowest BCUT2D eigenvalue weighted by Crippen LogP contribution is -2.28. The van der Waals surface area contributed by atoms with E-state index in [4.69, 9.17) is 0 Å². The van der Waals surface area contributed by atoms with Crippen molar-refractivity contribution in [1.29, 1.82) is 0 Å². The van der Waals surface area contributed by atoms with Gasteiger partial charge < -0.3 is 10.6 Å². The van der Waals surface area contributed by atoms with Gasteiger partial charge >= 0.3 is 6.03 Å². The fourth-order valence-electron chi connectivity index (χ4n) is 2.69. The molecule has 0 radical (unpaired) electrons. The number of nitrogens with zero attached hydrogens (tertiary/aromatic N) is 1. The second kappa shape index (κ2) is 7.05. The fourth-order valence-corrected chi connectivity index (χ4v) is 3.32. The van der Waals surface area contributed by atoms with Crippen LogP contribution in [0.15, 0.2) is 53.0 Å². The Hall–Kier alpha value is -2.34. The standard InChI is InChI=1S/C18H18BrN3O2/c1-12(15-4-2-3-5-16(15)19)21-17(23)13-6-8-14(9-7-13)22-11-10-20-18(22)24/h2-9,12H,10-11H2,1H3,(H,20,24)(H,21,23). The number of amides is 3. The van der Waals surface area contributed by atoms with E-state index >= 15 is 0 Å². The van der Waals surface area contributed by atoms with Crippen molar-refractivity contribution in [2.24, 2.45) is 0 Å². The third-order valence-electron chi connectivity index (χ3n) is 4.02. The minimum absolute atomic E-state index is 0.102. The Morgan fingerprint density at radius 3 is 2.54 bits per heavy atom. The summed E-state index contributed by atoms with van der Waals surface area (Å²) in [6.07, 6.45) is 0. The van der Waals surface area contributed by atoms with Gasteiger partial charge in [0.2, 0.25) is 0 Å². The van der Waals surface area contributed by atoms with Gasteiger partial charge in [-0.05, 0) is 42.8 Å². The first-order valence-electron chi connectivity index (χ1n) is 7.77. The molecule has 2 aromatic rings. The van der Waals surface area contributed by atoms with Gasteiger partial charge in [0, 0.05) is 28.8 Å². The number of urea groups is 1. The molecule has 1 unspecified atom stereocenters. The van der Waals surface area contributed by atoms with Crippen molar-refractivity contribution in [1.82, 2.24) is 10.6 Å². The van der Waals surface area contributed by atoms with Crippen molar-refractivity contribution in [2.75, 3.05) is 18.0 Å². The van der Waals surface area contributed by atoms with E-state index in [1.54, 1.807) is 29.2 Å². The van der Waals surface area contributed by atoms with E-state index in [0.717, 1.165) is 15.7 Å². The number of carbonyl (C=O) groups is 2. The molecular formula is C18H18BrN3O2. The molecular weight excluding hydrogens is 370 g/mol. The van der Waals surface area contributed by atoms with Crippen LogP contribution in [-0.4, -0.2) is 25.0 Å². The Morgan fingerprint density at radius 2 is 1.92 bits per heavy atom. The molecule has 1 atom stereocenters. The van der Waals surface area contributed by atoms with Crippen molar-refractivity contribution >= 4 is 33.6 Å². The summed E-state index contributed by atoms with van der Waals surface area (Å²) in [6, 6.07) is 14.7. The zero-order valence-corrected chi connectivity index (χ0v) is 14.8. The van der Waals surface area contributed by atoms with Crippen LogP contribution >= 0.6 is 15.9 Å². The van der Waals surface area contributed by atoms with Gasteiger partial charge in [-0.25, -0.2) is 4.79 Å². The molecule has 124 valence electrons. The molecule has 1 fully saturated rings. The van der Waals surface area contributed by atoms with E-state index in [-0.39, 0.29) is 18.0 Å². The molecule has 1 heterocycles. The van der Waals surface area contributed by atoms with Crippen LogP contribution in [0.4, 0.5) is 10.5 Å². The molecule has 3 amide bonds. The molecule has 1 saturated heterocycles. The van der Waals surface area contributed by atoms with Crippen LogP contribution in [-0.2, 0) is 0 Å². The lowest BCUT2D eigenvalue weighted by Gasteiger charge is -2.17. The zero-order chi connectivity index (χ0) is 17.1. The largest absolute Gasteiger partial charge is 0.345 e. The van der Waals surface area contributed by atoms with Gasteiger partial charge in [-0.3, -0.25) is 9.69 Å². The van der Waals surface area contributed by atoms with Gasteiger partial charge in [0.25, 0.3) is 5.91 Å². The third-order valence-corrected chi connectivity index (χ3v) is 4.74. The first-order valence-corrected chi connectivity index (χ1v) is 8.56. The second-order valence-corrected chi connectivity index (χ2v) is 6.50. The van der Waals surface area contributed by atoms with Crippen LogP contribution in [0.25, 0.3) is 0 Å². The Labute approximate surface area is 149 Å². The topological polar surface area (TPSA) is 61.4 Å². The van der Waals surface area contributed by atoms with Crippen molar-refractivity contribution in [2.45, 2.75) is 13.0 Å². The number of benzene rings is 2. The number of hydrogen-bond donors (Lipinski definition) is 2. The SMILES string of the molecule is CC(NC(=O)c1ccc(N2CCNC2=O)cc1)c1ccccc1Br. The normalized spacial score (nSPS) is 15.1. The molecule has 0 spiro atoms. The molecule has 24 heavy (non-hydrogen) atoms. The van der Waals surface area contributed by atoms with Gasteiger partial charge in [0.1, 0.15) is 0 Å². The molecule has 0 saturated carbocycles. The summed E-state index contributed by atoms with van der Waals surface area (Å²) < 4.78 is 0.966. The first-order chi connectivity index (χ1) is 11.6. The van der Waals surface area contributed by atoms with Crippen molar-refractivity contribution in [3.8, 4) is 0 Å².